The van der Waals surface area contributed by atoms with Crippen LogP contribution in [0.15, 0.2) is 18.2 Å². The van der Waals surface area contributed by atoms with E-state index in [0.29, 0.717) is 10.9 Å². The van der Waals surface area contributed by atoms with Crippen molar-refractivity contribution in [3.05, 3.63) is 29.0 Å². The molecule has 1 N–H and O–H groups in total. The van der Waals surface area contributed by atoms with E-state index in [9.17, 15) is 4.39 Å². The van der Waals surface area contributed by atoms with Gasteiger partial charge in [0, 0.05) is 19.1 Å². The molecule has 4 heteroatoms. The van der Waals surface area contributed by atoms with Crippen LogP contribution in [0.4, 0.5) is 10.1 Å². The Morgan fingerprint density at radius 1 is 1.33 bits per heavy atom. The van der Waals surface area contributed by atoms with E-state index >= 15 is 0 Å². The molecular weight excluding hydrogens is 251 g/mol. The minimum Gasteiger partial charge on any atom is -0.370 e. The van der Waals surface area contributed by atoms with Crippen molar-refractivity contribution in [2.45, 2.75) is 25.3 Å². The maximum absolute atomic E-state index is 13.3. The Balaban J connectivity index is 1.61. The molecule has 2 fully saturated rings. The number of nitrogens with zero attached hydrogens (tertiary/aromatic N) is 1. The molecule has 0 bridgehead atoms. The number of benzene rings is 1. The molecule has 1 heterocycles. The zero-order valence-corrected chi connectivity index (χ0v) is 11.1. The minimum absolute atomic E-state index is 0.214. The molecule has 1 saturated heterocycles. The highest BCUT2D eigenvalue weighted by atomic mass is 35.5. The van der Waals surface area contributed by atoms with Gasteiger partial charge in [-0.1, -0.05) is 11.6 Å². The van der Waals surface area contributed by atoms with Gasteiger partial charge in [0.05, 0.1) is 10.7 Å². The molecule has 1 saturated carbocycles. The molecule has 0 amide bonds. The van der Waals surface area contributed by atoms with E-state index in [1.165, 1.54) is 18.9 Å². The lowest BCUT2D eigenvalue weighted by molar-refractivity contribution is 0.515. The predicted octanol–water partition coefficient (Wildman–Crippen LogP) is 3.06. The normalized spacial score (nSPS) is 23.7. The number of hydrogen-bond donors (Lipinski definition) is 1. The molecule has 2 nitrogen and oxygen atoms in total. The second kappa shape index (κ2) is 5.06. The van der Waals surface area contributed by atoms with Gasteiger partial charge in [0.25, 0.3) is 0 Å². The Labute approximate surface area is 112 Å². The first kappa shape index (κ1) is 12.2. The summed E-state index contributed by atoms with van der Waals surface area (Å²) in [6.07, 6.45) is 3.81. The summed E-state index contributed by atoms with van der Waals surface area (Å²) < 4.78 is 13.3. The lowest BCUT2D eigenvalue weighted by atomic mass is 10.1. The third-order valence-corrected chi connectivity index (χ3v) is 4.13. The first-order chi connectivity index (χ1) is 8.72. The van der Waals surface area contributed by atoms with Crippen LogP contribution in [-0.2, 0) is 0 Å². The Morgan fingerprint density at radius 3 is 2.94 bits per heavy atom. The SMILES string of the molecule is Fc1ccc(Cl)c(N2CCC(CNC3CC3)C2)c1. The third kappa shape index (κ3) is 2.78. The van der Waals surface area contributed by atoms with Gasteiger partial charge < -0.3 is 10.2 Å². The Morgan fingerprint density at radius 2 is 2.17 bits per heavy atom. The van der Waals surface area contributed by atoms with Gasteiger partial charge in [0.2, 0.25) is 0 Å². The largest absolute Gasteiger partial charge is 0.370 e. The van der Waals surface area contributed by atoms with Crippen molar-refractivity contribution in [3.8, 4) is 0 Å². The summed E-state index contributed by atoms with van der Waals surface area (Å²) in [5.74, 6) is 0.443. The smallest absolute Gasteiger partial charge is 0.125 e. The highest BCUT2D eigenvalue weighted by Gasteiger charge is 2.27. The molecule has 1 aliphatic carbocycles. The first-order valence-electron chi connectivity index (χ1n) is 6.66. The van der Waals surface area contributed by atoms with Crippen LogP contribution in [0.5, 0.6) is 0 Å². The number of hydrogen-bond acceptors (Lipinski definition) is 2. The summed E-state index contributed by atoms with van der Waals surface area (Å²) in [5, 5.41) is 4.21. The van der Waals surface area contributed by atoms with Crippen LogP contribution >= 0.6 is 11.6 Å². The number of rotatable bonds is 4. The van der Waals surface area contributed by atoms with Crippen molar-refractivity contribution in [2.24, 2.45) is 5.92 Å². The average molecular weight is 269 g/mol. The van der Waals surface area contributed by atoms with Crippen molar-refractivity contribution >= 4 is 17.3 Å². The fourth-order valence-corrected chi connectivity index (χ4v) is 2.80. The topological polar surface area (TPSA) is 15.3 Å². The summed E-state index contributed by atoms with van der Waals surface area (Å²) >= 11 is 6.14. The fourth-order valence-electron chi connectivity index (χ4n) is 2.57. The molecule has 1 unspecified atom stereocenters. The van der Waals surface area contributed by atoms with Crippen LogP contribution in [0.1, 0.15) is 19.3 Å². The fraction of sp³-hybridized carbons (Fsp3) is 0.571. The zero-order chi connectivity index (χ0) is 12.5. The molecule has 0 aromatic heterocycles. The lowest BCUT2D eigenvalue weighted by Gasteiger charge is -2.20. The van der Waals surface area contributed by atoms with Crippen LogP contribution in [0.2, 0.25) is 5.02 Å². The summed E-state index contributed by atoms with van der Waals surface area (Å²) in [4.78, 5) is 2.20. The van der Waals surface area contributed by atoms with Gasteiger partial charge in [0.15, 0.2) is 0 Å². The van der Waals surface area contributed by atoms with Crippen LogP contribution in [0.3, 0.4) is 0 Å². The van der Waals surface area contributed by atoms with Gasteiger partial charge in [-0.05, 0) is 49.9 Å². The monoisotopic (exact) mass is 268 g/mol. The van der Waals surface area contributed by atoms with E-state index in [4.69, 9.17) is 11.6 Å². The molecular formula is C14H18ClFN2. The standard InChI is InChI=1S/C14H18ClFN2/c15-13-4-1-11(16)7-14(13)18-6-5-10(9-18)8-17-12-2-3-12/h1,4,7,10,12,17H,2-3,5-6,8-9H2. The van der Waals surface area contributed by atoms with E-state index < -0.39 is 0 Å². The predicted molar refractivity (Wildman–Crippen MR) is 72.8 cm³/mol. The molecule has 1 aliphatic heterocycles. The van der Waals surface area contributed by atoms with E-state index in [1.807, 2.05) is 0 Å². The number of halogens is 2. The molecule has 2 aliphatic rings. The minimum atomic E-state index is -0.214. The van der Waals surface area contributed by atoms with Crippen molar-refractivity contribution in [1.29, 1.82) is 0 Å². The van der Waals surface area contributed by atoms with Crippen molar-refractivity contribution < 1.29 is 4.39 Å². The van der Waals surface area contributed by atoms with Gasteiger partial charge in [0.1, 0.15) is 5.82 Å². The number of nitrogens with one attached hydrogen (secondary N) is 1. The van der Waals surface area contributed by atoms with Crippen LogP contribution in [0.25, 0.3) is 0 Å². The van der Waals surface area contributed by atoms with Gasteiger partial charge >= 0.3 is 0 Å². The number of anilines is 1. The van der Waals surface area contributed by atoms with E-state index in [0.717, 1.165) is 37.8 Å². The lowest BCUT2D eigenvalue weighted by Crippen LogP contribution is -2.27. The molecule has 98 valence electrons. The zero-order valence-electron chi connectivity index (χ0n) is 10.3. The Hall–Kier alpha value is -0.800. The second-order valence-corrected chi connectivity index (χ2v) is 5.79. The molecule has 1 aromatic carbocycles. The third-order valence-electron chi connectivity index (χ3n) is 3.81. The van der Waals surface area contributed by atoms with Gasteiger partial charge in [-0.2, -0.15) is 0 Å². The van der Waals surface area contributed by atoms with Gasteiger partial charge in [-0.3, -0.25) is 0 Å². The summed E-state index contributed by atoms with van der Waals surface area (Å²) in [5.41, 5.74) is 0.839. The van der Waals surface area contributed by atoms with E-state index in [2.05, 4.69) is 10.2 Å². The molecule has 0 spiro atoms. The maximum atomic E-state index is 13.3. The molecule has 0 radical (unpaired) electrons. The molecule has 1 aromatic rings. The highest BCUT2D eigenvalue weighted by Crippen LogP contribution is 2.31. The van der Waals surface area contributed by atoms with Crippen molar-refractivity contribution in [1.82, 2.24) is 5.32 Å². The summed E-state index contributed by atoms with van der Waals surface area (Å²) in [6, 6.07) is 5.35. The van der Waals surface area contributed by atoms with Crippen LogP contribution in [0, 0.1) is 11.7 Å². The maximum Gasteiger partial charge on any atom is 0.125 e. The van der Waals surface area contributed by atoms with Crippen molar-refractivity contribution in [2.75, 3.05) is 24.5 Å². The first-order valence-corrected chi connectivity index (χ1v) is 7.03. The quantitative estimate of drug-likeness (QED) is 0.903. The van der Waals surface area contributed by atoms with Crippen LogP contribution in [-0.4, -0.2) is 25.7 Å². The average Bonchev–Trinajstić information content (AvgIpc) is 3.08. The van der Waals surface area contributed by atoms with Crippen LogP contribution < -0.4 is 10.2 Å². The Kier molecular flexibility index (Phi) is 3.44. The van der Waals surface area contributed by atoms with E-state index in [-0.39, 0.29) is 5.82 Å². The molecule has 3 rings (SSSR count). The van der Waals surface area contributed by atoms with Crippen molar-refractivity contribution in [3.63, 3.8) is 0 Å². The molecule has 18 heavy (non-hydrogen) atoms. The summed E-state index contributed by atoms with van der Waals surface area (Å²) in [7, 11) is 0. The second-order valence-electron chi connectivity index (χ2n) is 5.38. The van der Waals surface area contributed by atoms with E-state index in [1.54, 1.807) is 12.1 Å². The van der Waals surface area contributed by atoms with Gasteiger partial charge in [-0.25, -0.2) is 4.39 Å². The molecule has 1 atom stereocenters. The summed E-state index contributed by atoms with van der Waals surface area (Å²) in [6.45, 7) is 3.02. The highest BCUT2D eigenvalue weighted by molar-refractivity contribution is 6.33. The van der Waals surface area contributed by atoms with Gasteiger partial charge in [-0.15, -0.1) is 0 Å². The Bertz CT molecular complexity index is 434.